The Morgan fingerprint density at radius 3 is 2.59 bits per heavy atom. The summed E-state index contributed by atoms with van der Waals surface area (Å²) in [6, 6.07) is 13.5. The zero-order valence-electron chi connectivity index (χ0n) is 15.7. The van der Waals surface area contributed by atoms with Gasteiger partial charge in [-0.2, -0.15) is 0 Å². The maximum atomic E-state index is 13.3. The number of nitro groups is 1. The van der Waals surface area contributed by atoms with E-state index in [4.69, 9.17) is 4.74 Å². The number of nitrogens with one attached hydrogen (secondary N) is 1. The quantitative estimate of drug-likeness (QED) is 0.491. The first kappa shape index (κ1) is 19.4. The maximum absolute atomic E-state index is 13.3. The van der Waals surface area contributed by atoms with Gasteiger partial charge in [0.2, 0.25) is 0 Å². The molecule has 1 fully saturated rings. The number of non-ortho nitro benzene ring substituents is 1. The van der Waals surface area contributed by atoms with E-state index < -0.39 is 4.92 Å². The van der Waals surface area contributed by atoms with Gasteiger partial charge in [-0.3, -0.25) is 19.8 Å². The molecule has 2 aromatic carbocycles. The van der Waals surface area contributed by atoms with Crippen LogP contribution in [0.3, 0.4) is 0 Å². The summed E-state index contributed by atoms with van der Waals surface area (Å²) in [5.74, 6) is -0.202. The number of benzene rings is 2. The molecule has 8 nitrogen and oxygen atoms in total. The van der Waals surface area contributed by atoms with Crippen molar-refractivity contribution in [3.63, 3.8) is 0 Å². The summed E-state index contributed by atoms with van der Waals surface area (Å²) in [5.41, 5.74) is 1.23. The van der Waals surface area contributed by atoms with Crippen LogP contribution in [0.1, 0.15) is 10.4 Å². The molecule has 9 heteroatoms. The first-order chi connectivity index (χ1) is 14.1. The van der Waals surface area contributed by atoms with Gasteiger partial charge in [-0.1, -0.05) is 23.5 Å². The maximum Gasteiger partial charge on any atom is 0.269 e. The molecule has 0 bridgehead atoms. The van der Waals surface area contributed by atoms with E-state index in [9.17, 15) is 14.9 Å². The molecule has 0 saturated carbocycles. The Bertz CT molecular complexity index is 982. The molecule has 1 aliphatic rings. The molecule has 0 spiro atoms. The molecule has 1 aromatic heterocycles. The molecule has 0 unspecified atom stereocenters. The molecule has 1 N–H and O–H groups in total. The van der Waals surface area contributed by atoms with E-state index in [-0.39, 0.29) is 11.6 Å². The molecule has 1 amide bonds. The van der Waals surface area contributed by atoms with Crippen molar-refractivity contribution in [1.29, 1.82) is 0 Å². The Morgan fingerprint density at radius 2 is 1.90 bits per heavy atom. The zero-order valence-corrected chi connectivity index (χ0v) is 16.6. The second-order valence-electron chi connectivity index (χ2n) is 6.84. The van der Waals surface area contributed by atoms with Gasteiger partial charge in [-0.25, -0.2) is 4.98 Å². The summed E-state index contributed by atoms with van der Waals surface area (Å²) in [7, 11) is 0. The fourth-order valence-electron chi connectivity index (χ4n) is 3.32. The number of carbonyl (C=O) groups excluding carboxylic acids is 1. The SMILES string of the molecule is O=C(c1ccc([N+](=O)[O-])cc1)N(CC[NH+]1CCOCC1)c1nc2ccccc2s1. The van der Waals surface area contributed by atoms with Crippen molar-refractivity contribution < 1.29 is 19.4 Å². The number of hydrogen-bond acceptors (Lipinski definition) is 6. The predicted octanol–water partition coefficient (Wildman–Crippen LogP) is 1.77. The van der Waals surface area contributed by atoms with Crippen LogP contribution < -0.4 is 9.80 Å². The van der Waals surface area contributed by atoms with Crippen LogP contribution in [0.25, 0.3) is 10.2 Å². The first-order valence-corrected chi connectivity index (χ1v) is 10.3. The Balaban J connectivity index is 1.60. The molecule has 1 saturated heterocycles. The number of thiazole rings is 1. The van der Waals surface area contributed by atoms with Crippen molar-refractivity contribution in [1.82, 2.24) is 4.98 Å². The summed E-state index contributed by atoms with van der Waals surface area (Å²) in [4.78, 5) is 31.4. The van der Waals surface area contributed by atoms with Crippen LogP contribution in [0, 0.1) is 10.1 Å². The normalized spacial score (nSPS) is 14.8. The van der Waals surface area contributed by atoms with E-state index >= 15 is 0 Å². The highest BCUT2D eigenvalue weighted by Crippen LogP contribution is 2.29. The topological polar surface area (TPSA) is 90.0 Å². The average molecular weight is 413 g/mol. The van der Waals surface area contributed by atoms with Gasteiger partial charge in [0.05, 0.1) is 41.4 Å². The molecular weight excluding hydrogens is 392 g/mol. The van der Waals surface area contributed by atoms with E-state index in [0.717, 1.165) is 43.1 Å². The smallest absolute Gasteiger partial charge is 0.269 e. The van der Waals surface area contributed by atoms with Gasteiger partial charge in [-0.15, -0.1) is 0 Å². The monoisotopic (exact) mass is 413 g/mol. The molecule has 29 heavy (non-hydrogen) atoms. The second kappa shape index (κ2) is 8.64. The van der Waals surface area contributed by atoms with E-state index in [0.29, 0.717) is 17.2 Å². The van der Waals surface area contributed by atoms with Crippen LogP contribution >= 0.6 is 11.3 Å². The minimum Gasteiger partial charge on any atom is -0.370 e. The van der Waals surface area contributed by atoms with Crippen molar-refractivity contribution in [3.05, 3.63) is 64.2 Å². The highest BCUT2D eigenvalue weighted by molar-refractivity contribution is 7.22. The fourth-order valence-corrected chi connectivity index (χ4v) is 4.31. The lowest BCUT2D eigenvalue weighted by molar-refractivity contribution is -0.906. The highest BCUT2D eigenvalue weighted by atomic mass is 32.1. The van der Waals surface area contributed by atoms with Gasteiger partial charge in [0.15, 0.2) is 5.13 Å². The van der Waals surface area contributed by atoms with Gasteiger partial charge in [-0.05, 0) is 24.3 Å². The third kappa shape index (κ3) is 4.42. The number of nitro benzene ring substituents is 1. The number of ether oxygens (including phenoxy) is 1. The average Bonchev–Trinajstić information content (AvgIpc) is 3.18. The van der Waals surface area contributed by atoms with Crippen molar-refractivity contribution in [2.45, 2.75) is 0 Å². The molecule has 4 rings (SSSR count). The van der Waals surface area contributed by atoms with Gasteiger partial charge >= 0.3 is 0 Å². The van der Waals surface area contributed by atoms with Crippen molar-refractivity contribution in [3.8, 4) is 0 Å². The highest BCUT2D eigenvalue weighted by Gasteiger charge is 2.24. The number of amides is 1. The van der Waals surface area contributed by atoms with Gasteiger partial charge < -0.3 is 9.64 Å². The largest absolute Gasteiger partial charge is 0.370 e. The molecule has 0 radical (unpaired) electrons. The number of hydrogen-bond donors (Lipinski definition) is 1. The molecular formula is C20H21N4O4S+. The molecule has 0 aliphatic carbocycles. The molecule has 1 aliphatic heterocycles. The van der Waals surface area contributed by atoms with E-state index in [1.807, 2.05) is 24.3 Å². The van der Waals surface area contributed by atoms with Crippen molar-refractivity contribution in [2.75, 3.05) is 44.3 Å². The minimum absolute atomic E-state index is 0.0363. The van der Waals surface area contributed by atoms with Crippen molar-refractivity contribution in [2.24, 2.45) is 0 Å². The number of quaternary nitrogens is 1. The molecule has 3 aromatic rings. The van der Waals surface area contributed by atoms with Crippen LogP contribution in [0.4, 0.5) is 10.8 Å². The van der Waals surface area contributed by atoms with Gasteiger partial charge in [0.1, 0.15) is 13.1 Å². The van der Waals surface area contributed by atoms with Gasteiger partial charge in [0, 0.05) is 17.7 Å². The van der Waals surface area contributed by atoms with E-state index in [1.54, 1.807) is 4.90 Å². The second-order valence-corrected chi connectivity index (χ2v) is 7.85. The Morgan fingerprint density at radius 1 is 1.17 bits per heavy atom. The number of rotatable bonds is 6. The van der Waals surface area contributed by atoms with E-state index in [2.05, 4.69) is 4.98 Å². The molecule has 150 valence electrons. The number of aromatic nitrogens is 1. The lowest BCUT2D eigenvalue weighted by atomic mass is 10.2. The van der Waals surface area contributed by atoms with Crippen LogP contribution in [0.2, 0.25) is 0 Å². The Labute approximate surface area is 171 Å². The summed E-state index contributed by atoms with van der Waals surface area (Å²) in [5, 5.41) is 11.5. The number of nitrogens with zero attached hydrogens (tertiary/aromatic N) is 3. The van der Waals surface area contributed by atoms with Crippen LogP contribution in [-0.4, -0.2) is 55.2 Å². The lowest BCUT2D eigenvalue weighted by Crippen LogP contribution is -3.14. The summed E-state index contributed by atoms with van der Waals surface area (Å²) in [6.45, 7) is 4.60. The number of carbonyl (C=O) groups is 1. The van der Waals surface area contributed by atoms with E-state index in [1.165, 1.54) is 40.5 Å². The number of para-hydroxylation sites is 1. The Hall–Kier alpha value is -2.88. The third-order valence-electron chi connectivity index (χ3n) is 4.97. The summed E-state index contributed by atoms with van der Waals surface area (Å²) in [6.07, 6.45) is 0. The number of fused-ring (bicyclic) bond motifs is 1. The fraction of sp³-hybridized carbons (Fsp3) is 0.300. The Kier molecular flexibility index (Phi) is 5.79. The number of morpholine rings is 1. The van der Waals surface area contributed by atoms with Crippen LogP contribution in [0.15, 0.2) is 48.5 Å². The van der Waals surface area contributed by atoms with Gasteiger partial charge in [0.25, 0.3) is 11.6 Å². The minimum atomic E-state index is -0.471. The lowest BCUT2D eigenvalue weighted by Gasteiger charge is -2.26. The summed E-state index contributed by atoms with van der Waals surface area (Å²) >= 11 is 1.47. The molecule has 2 heterocycles. The van der Waals surface area contributed by atoms with Crippen molar-refractivity contribution >= 4 is 38.3 Å². The molecule has 0 atom stereocenters. The first-order valence-electron chi connectivity index (χ1n) is 9.45. The summed E-state index contributed by atoms with van der Waals surface area (Å²) < 4.78 is 6.43. The standard InChI is InChI=1S/C20H20N4O4S/c25-19(15-5-7-16(8-6-15)24(26)27)23(10-9-22-11-13-28-14-12-22)20-21-17-3-1-2-4-18(17)29-20/h1-8H,9-14H2/p+1. The van der Waals surface area contributed by atoms with Crippen LogP contribution in [0.5, 0.6) is 0 Å². The zero-order chi connectivity index (χ0) is 20.2. The number of anilines is 1. The van der Waals surface area contributed by atoms with Crippen LogP contribution in [-0.2, 0) is 4.74 Å². The predicted molar refractivity (Wildman–Crippen MR) is 111 cm³/mol. The third-order valence-corrected chi connectivity index (χ3v) is 6.03.